The summed E-state index contributed by atoms with van der Waals surface area (Å²) in [6.45, 7) is 4.50. The Hall–Kier alpha value is -3.17. The maximum Gasteiger partial charge on any atom is 0.337 e. The first-order chi connectivity index (χ1) is 15.6. The zero-order chi connectivity index (χ0) is 22.2. The first-order valence-corrected chi connectivity index (χ1v) is 11.1. The van der Waals surface area contributed by atoms with E-state index < -0.39 is 5.69 Å². The first-order valence-electron chi connectivity index (χ1n) is 11.1. The van der Waals surface area contributed by atoms with E-state index in [2.05, 4.69) is 10.2 Å². The van der Waals surface area contributed by atoms with Crippen LogP contribution in [0.25, 0.3) is 16.7 Å². The second kappa shape index (κ2) is 8.40. The van der Waals surface area contributed by atoms with Gasteiger partial charge >= 0.3 is 5.69 Å². The number of rotatable bonds is 6. The average Bonchev–Trinajstić information content (AvgIpc) is 3.63. The lowest BCUT2D eigenvalue weighted by molar-refractivity contribution is 0.0398. The van der Waals surface area contributed by atoms with Crippen LogP contribution in [-0.4, -0.2) is 58.0 Å². The van der Waals surface area contributed by atoms with Gasteiger partial charge in [-0.25, -0.2) is 9.36 Å². The SMILES string of the molecule is Cn1c(=O)cc(NCCN2CCOCC2)c2c(=O)n(C3CC3)c(=O)n(-c3ccccc3)c21. The summed E-state index contributed by atoms with van der Waals surface area (Å²) in [5.41, 5.74) is 0.377. The van der Waals surface area contributed by atoms with Crippen molar-refractivity contribution >= 4 is 16.7 Å². The smallest absolute Gasteiger partial charge is 0.337 e. The summed E-state index contributed by atoms with van der Waals surface area (Å²) < 4.78 is 9.62. The second-order valence-electron chi connectivity index (χ2n) is 8.39. The standard InChI is InChI=1S/C23H27N5O4/c1-25-19(29)15-18(24-9-10-26-11-13-32-14-12-26)20-21(25)27(16-5-3-2-4-6-16)23(31)28(22(20)30)17-7-8-17/h2-6,15,17,24H,7-14H2,1H3. The van der Waals surface area contributed by atoms with Crippen molar-refractivity contribution in [3.05, 3.63) is 67.6 Å². The molecule has 0 atom stereocenters. The summed E-state index contributed by atoms with van der Waals surface area (Å²) in [6, 6.07) is 10.5. The summed E-state index contributed by atoms with van der Waals surface area (Å²) in [5, 5.41) is 3.67. The summed E-state index contributed by atoms with van der Waals surface area (Å²) >= 11 is 0. The monoisotopic (exact) mass is 437 g/mol. The third-order valence-corrected chi connectivity index (χ3v) is 6.22. The van der Waals surface area contributed by atoms with Gasteiger partial charge in [0.25, 0.3) is 11.1 Å². The van der Waals surface area contributed by atoms with Gasteiger partial charge in [0.1, 0.15) is 11.0 Å². The molecule has 2 fully saturated rings. The number of hydrogen-bond acceptors (Lipinski definition) is 6. The molecule has 0 spiro atoms. The number of hydrogen-bond donors (Lipinski definition) is 1. The number of benzene rings is 1. The lowest BCUT2D eigenvalue weighted by Crippen LogP contribution is -2.42. The lowest BCUT2D eigenvalue weighted by atomic mass is 10.2. The lowest BCUT2D eigenvalue weighted by Gasteiger charge is -2.26. The highest BCUT2D eigenvalue weighted by Gasteiger charge is 2.30. The molecule has 5 rings (SSSR count). The molecule has 2 aliphatic rings. The molecule has 1 aromatic carbocycles. The van der Waals surface area contributed by atoms with Crippen LogP contribution in [0.3, 0.4) is 0 Å². The number of fused-ring (bicyclic) bond motifs is 1. The summed E-state index contributed by atoms with van der Waals surface area (Å²) in [7, 11) is 1.60. The zero-order valence-corrected chi connectivity index (χ0v) is 18.1. The molecular weight excluding hydrogens is 410 g/mol. The first kappa shape index (κ1) is 20.7. The molecule has 32 heavy (non-hydrogen) atoms. The quantitative estimate of drug-likeness (QED) is 0.617. The normalized spacial score (nSPS) is 17.0. The van der Waals surface area contributed by atoms with Crippen molar-refractivity contribution < 1.29 is 4.74 Å². The highest BCUT2D eigenvalue weighted by Crippen LogP contribution is 2.33. The van der Waals surface area contributed by atoms with Crippen LogP contribution >= 0.6 is 0 Å². The molecule has 1 aliphatic carbocycles. The number of pyridine rings is 1. The molecule has 0 amide bonds. The average molecular weight is 438 g/mol. The Bertz CT molecular complexity index is 1310. The summed E-state index contributed by atoms with van der Waals surface area (Å²) in [6.07, 6.45) is 1.61. The van der Waals surface area contributed by atoms with E-state index >= 15 is 0 Å². The predicted octanol–water partition coefficient (Wildman–Crippen LogP) is 0.930. The van der Waals surface area contributed by atoms with Crippen LogP contribution in [0.2, 0.25) is 0 Å². The Kier molecular flexibility index (Phi) is 5.44. The van der Waals surface area contributed by atoms with E-state index in [4.69, 9.17) is 4.74 Å². The molecule has 0 radical (unpaired) electrons. The topological polar surface area (TPSA) is 90.5 Å². The van der Waals surface area contributed by atoms with Crippen LogP contribution in [-0.2, 0) is 11.8 Å². The molecule has 1 saturated carbocycles. The number of anilines is 1. The molecule has 1 aliphatic heterocycles. The maximum atomic E-state index is 13.5. The molecule has 1 saturated heterocycles. The number of ether oxygens (including phenoxy) is 1. The van der Waals surface area contributed by atoms with E-state index in [0.29, 0.717) is 42.2 Å². The van der Waals surface area contributed by atoms with Crippen LogP contribution in [0, 0.1) is 0 Å². The molecule has 1 N–H and O–H groups in total. The van der Waals surface area contributed by atoms with Crippen molar-refractivity contribution in [2.45, 2.75) is 18.9 Å². The van der Waals surface area contributed by atoms with Crippen molar-refractivity contribution in [1.29, 1.82) is 0 Å². The van der Waals surface area contributed by atoms with Crippen LogP contribution < -0.4 is 22.1 Å². The fraction of sp³-hybridized carbons (Fsp3) is 0.435. The van der Waals surface area contributed by atoms with Gasteiger partial charge in [-0.05, 0) is 25.0 Å². The highest BCUT2D eigenvalue weighted by molar-refractivity contribution is 5.89. The van der Waals surface area contributed by atoms with Crippen LogP contribution in [0.15, 0.2) is 50.8 Å². The van der Waals surface area contributed by atoms with E-state index in [0.717, 1.165) is 32.5 Å². The van der Waals surface area contributed by atoms with E-state index in [1.165, 1.54) is 19.8 Å². The number of para-hydroxylation sites is 1. The summed E-state index contributed by atoms with van der Waals surface area (Å²) in [4.78, 5) is 42.1. The van der Waals surface area contributed by atoms with Gasteiger partial charge in [-0.15, -0.1) is 0 Å². The number of morpholine rings is 1. The minimum Gasteiger partial charge on any atom is -0.383 e. The van der Waals surface area contributed by atoms with Crippen LogP contribution in [0.1, 0.15) is 18.9 Å². The molecule has 3 aromatic rings. The molecule has 9 heteroatoms. The number of nitrogens with zero attached hydrogens (tertiary/aromatic N) is 4. The molecule has 9 nitrogen and oxygen atoms in total. The van der Waals surface area contributed by atoms with Crippen molar-refractivity contribution in [3.63, 3.8) is 0 Å². The summed E-state index contributed by atoms with van der Waals surface area (Å²) in [5.74, 6) is 0. The van der Waals surface area contributed by atoms with Crippen molar-refractivity contribution in [2.75, 3.05) is 44.7 Å². The number of aromatic nitrogens is 3. The van der Waals surface area contributed by atoms with Gasteiger partial charge in [0.15, 0.2) is 0 Å². The van der Waals surface area contributed by atoms with Crippen LogP contribution in [0.5, 0.6) is 0 Å². The Balaban J connectivity index is 1.68. The third-order valence-electron chi connectivity index (χ3n) is 6.22. The Morgan fingerprint density at radius 3 is 2.47 bits per heavy atom. The van der Waals surface area contributed by atoms with E-state index in [1.807, 2.05) is 30.3 Å². The number of nitrogens with one attached hydrogen (secondary N) is 1. The van der Waals surface area contributed by atoms with Crippen molar-refractivity contribution in [2.24, 2.45) is 7.05 Å². The Morgan fingerprint density at radius 2 is 1.78 bits per heavy atom. The molecule has 168 valence electrons. The highest BCUT2D eigenvalue weighted by atomic mass is 16.5. The van der Waals surface area contributed by atoms with Gasteiger partial charge in [-0.2, -0.15) is 0 Å². The zero-order valence-electron chi connectivity index (χ0n) is 18.1. The van der Waals surface area contributed by atoms with Gasteiger partial charge in [-0.1, -0.05) is 18.2 Å². The predicted molar refractivity (Wildman–Crippen MR) is 123 cm³/mol. The maximum absolute atomic E-state index is 13.5. The van der Waals surface area contributed by atoms with Crippen LogP contribution in [0.4, 0.5) is 5.69 Å². The Morgan fingerprint density at radius 1 is 1.06 bits per heavy atom. The Labute approximate surface area is 184 Å². The van der Waals surface area contributed by atoms with Gasteiger partial charge in [-0.3, -0.25) is 23.6 Å². The van der Waals surface area contributed by atoms with Gasteiger partial charge in [0.2, 0.25) is 0 Å². The second-order valence-corrected chi connectivity index (χ2v) is 8.39. The van der Waals surface area contributed by atoms with Crippen molar-refractivity contribution in [1.82, 2.24) is 18.6 Å². The minimum atomic E-state index is -0.406. The molecule has 2 aromatic heterocycles. The van der Waals surface area contributed by atoms with E-state index in [1.54, 1.807) is 7.05 Å². The third kappa shape index (κ3) is 3.67. The minimum absolute atomic E-state index is 0.0900. The molecular formula is C23H27N5O4. The largest absolute Gasteiger partial charge is 0.383 e. The van der Waals surface area contributed by atoms with E-state index in [-0.39, 0.29) is 17.2 Å². The van der Waals surface area contributed by atoms with E-state index in [9.17, 15) is 14.4 Å². The fourth-order valence-corrected chi connectivity index (χ4v) is 4.34. The van der Waals surface area contributed by atoms with Crippen molar-refractivity contribution in [3.8, 4) is 5.69 Å². The molecule has 3 heterocycles. The molecule has 0 unspecified atom stereocenters. The fourth-order valence-electron chi connectivity index (χ4n) is 4.34. The number of aryl methyl sites for hydroxylation is 1. The van der Waals surface area contributed by atoms with Gasteiger partial charge < -0.3 is 10.1 Å². The van der Waals surface area contributed by atoms with Gasteiger partial charge in [0.05, 0.1) is 24.6 Å². The molecule has 0 bridgehead atoms. The van der Waals surface area contributed by atoms with Gasteiger partial charge in [0, 0.05) is 45.3 Å².